The van der Waals surface area contributed by atoms with Gasteiger partial charge in [0.15, 0.2) is 9.84 Å². The maximum Gasteiger partial charge on any atom is 0.214 e. The Morgan fingerprint density at radius 2 is 1.59 bits per heavy atom. The van der Waals surface area contributed by atoms with Crippen LogP contribution >= 0.6 is 0 Å². The van der Waals surface area contributed by atoms with Crippen LogP contribution in [0.4, 0.5) is 0 Å². The van der Waals surface area contributed by atoms with Gasteiger partial charge in [-0.25, -0.2) is 13.4 Å². The molecule has 0 bridgehead atoms. The summed E-state index contributed by atoms with van der Waals surface area (Å²) in [7, 11) is -1.72. The zero-order chi connectivity index (χ0) is 27.6. The van der Waals surface area contributed by atoms with E-state index in [0.717, 1.165) is 50.2 Å². The fourth-order valence-corrected chi connectivity index (χ4v) is 4.90. The van der Waals surface area contributed by atoms with Crippen LogP contribution in [0.1, 0.15) is 25.0 Å². The first kappa shape index (κ1) is 26.4. The second-order valence-electron chi connectivity index (χ2n) is 9.96. The molecule has 5 rings (SSSR count). The summed E-state index contributed by atoms with van der Waals surface area (Å²) in [6.07, 6.45) is 3.03. The quantitative estimate of drug-likeness (QED) is 0.215. The molecule has 2 heterocycles. The molecule has 2 aromatic heterocycles. The molecule has 0 atom stereocenters. The summed E-state index contributed by atoms with van der Waals surface area (Å²) in [6.45, 7) is 3.86. The van der Waals surface area contributed by atoms with Gasteiger partial charge in [0, 0.05) is 35.0 Å². The van der Waals surface area contributed by atoms with Crippen LogP contribution in [0.5, 0.6) is 11.6 Å². The molecule has 0 aliphatic heterocycles. The lowest BCUT2D eigenvalue weighted by Crippen LogP contribution is -2.28. The van der Waals surface area contributed by atoms with Gasteiger partial charge in [-0.05, 0) is 73.0 Å². The van der Waals surface area contributed by atoms with Gasteiger partial charge < -0.3 is 9.47 Å². The minimum absolute atomic E-state index is 0.390. The van der Waals surface area contributed by atoms with Crippen molar-refractivity contribution in [1.29, 1.82) is 0 Å². The largest absolute Gasteiger partial charge is 0.497 e. The van der Waals surface area contributed by atoms with Crippen LogP contribution in [0.25, 0.3) is 33.3 Å². The molecular formula is C32H30N2O4S. The topological polar surface area (TPSA) is 78.4 Å². The molecule has 0 amide bonds. The van der Waals surface area contributed by atoms with Gasteiger partial charge in [-0.1, -0.05) is 42.5 Å². The number of hydrogen-bond acceptors (Lipinski definition) is 6. The summed E-state index contributed by atoms with van der Waals surface area (Å²) in [5.41, 5.74) is 6.03. The lowest BCUT2D eigenvalue weighted by atomic mass is 9.92. The van der Waals surface area contributed by atoms with Crippen molar-refractivity contribution in [2.24, 2.45) is 0 Å². The van der Waals surface area contributed by atoms with Gasteiger partial charge in [0.2, 0.25) is 5.88 Å². The third-order valence-corrected chi connectivity index (χ3v) is 9.16. The molecule has 3 aromatic carbocycles. The molecule has 0 aliphatic rings. The summed E-state index contributed by atoms with van der Waals surface area (Å²) >= 11 is 0. The Labute approximate surface area is 229 Å². The van der Waals surface area contributed by atoms with E-state index < -0.39 is 14.6 Å². The highest BCUT2D eigenvalue weighted by atomic mass is 32.2. The zero-order valence-corrected chi connectivity index (χ0v) is 23.2. The van der Waals surface area contributed by atoms with Crippen molar-refractivity contribution < 1.29 is 17.9 Å². The van der Waals surface area contributed by atoms with Gasteiger partial charge in [0.1, 0.15) is 12.4 Å². The Kier molecular flexibility index (Phi) is 7.10. The monoisotopic (exact) mass is 538 g/mol. The van der Waals surface area contributed by atoms with Crippen LogP contribution < -0.4 is 9.47 Å². The number of aromatic nitrogens is 2. The standard InChI is InChI=1S/C32H30N2O4S/c1-32(2,39(4,35)36)26-19-25-10-7-17-33-31(25)28(20-26)23-8-5-9-24(18-23)29-11-6-12-30(34-29)38-21-22-13-15-27(37-3)16-14-22/h5-20H,21H2,1-4H3. The van der Waals surface area contributed by atoms with Crippen molar-refractivity contribution >= 4 is 20.7 Å². The fraction of sp³-hybridized carbons (Fsp3) is 0.188. The molecule has 198 valence electrons. The van der Waals surface area contributed by atoms with Gasteiger partial charge in [-0.2, -0.15) is 0 Å². The first-order chi connectivity index (χ1) is 18.7. The van der Waals surface area contributed by atoms with Crippen molar-refractivity contribution in [3.05, 3.63) is 108 Å². The second kappa shape index (κ2) is 10.5. The molecular weight excluding hydrogens is 508 g/mol. The van der Waals surface area contributed by atoms with E-state index in [4.69, 9.17) is 14.5 Å². The van der Waals surface area contributed by atoms with Crippen LogP contribution in [0, 0.1) is 0 Å². The van der Waals surface area contributed by atoms with Crippen molar-refractivity contribution in [3.8, 4) is 34.0 Å². The second-order valence-corrected chi connectivity index (χ2v) is 12.5. The Morgan fingerprint density at radius 1 is 0.846 bits per heavy atom. The number of rotatable bonds is 8. The molecule has 0 fully saturated rings. The average Bonchev–Trinajstić information content (AvgIpc) is 2.95. The highest BCUT2D eigenvalue weighted by Crippen LogP contribution is 2.37. The maximum absolute atomic E-state index is 12.6. The van der Waals surface area contributed by atoms with Crippen molar-refractivity contribution in [2.45, 2.75) is 25.2 Å². The molecule has 0 unspecified atom stereocenters. The number of sulfone groups is 1. The third-order valence-electron chi connectivity index (χ3n) is 7.07. The number of methoxy groups -OCH3 is 1. The van der Waals surface area contributed by atoms with Crippen molar-refractivity contribution in [3.63, 3.8) is 0 Å². The minimum atomic E-state index is -3.36. The molecule has 39 heavy (non-hydrogen) atoms. The molecule has 0 spiro atoms. The summed E-state index contributed by atoms with van der Waals surface area (Å²) in [4.78, 5) is 9.37. The van der Waals surface area contributed by atoms with E-state index in [2.05, 4.69) is 11.1 Å². The predicted octanol–water partition coefficient (Wildman–Crippen LogP) is 6.83. The van der Waals surface area contributed by atoms with Crippen LogP contribution in [-0.2, 0) is 21.2 Å². The average molecular weight is 539 g/mol. The maximum atomic E-state index is 12.6. The van der Waals surface area contributed by atoms with E-state index in [1.54, 1.807) is 27.2 Å². The van der Waals surface area contributed by atoms with Crippen LogP contribution in [-0.4, -0.2) is 31.8 Å². The normalized spacial score (nSPS) is 11.9. The lowest BCUT2D eigenvalue weighted by Gasteiger charge is -2.24. The van der Waals surface area contributed by atoms with Gasteiger partial charge in [-0.15, -0.1) is 0 Å². The van der Waals surface area contributed by atoms with Gasteiger partial charge >= 0.3 is 0 Å². The third kappa shape index (κ3) is 5.49. The number of pyridine rings is 2. The van der Waals surface area contributed by atoms with E-state index in [9.17, 15) is 8.42 Å². The van der Waals surface area contributed by atoms with E-state index in [0.29, 0.717) is 12.5 Å². The van der Waals surface area contributed by atoms with Crippen molar-refractivity contribution in [2.75, 3.05) is 13.4 Å². The Bertz CT molecular complexity index is 1750. The summed E-state index contributed by atoms with van der Waals surface area (Å²) < 4.78 is 35.4. The zero-order valence-electron chi connectivity index (χ0n) is 22.4. The Balaban J connectivity index is 1.50. The molecule has 0 N–H and O–H groups in total. The van der Waals surface area contributed by atoms with Crippen molar-refractivity contribution in [1.82, 2.24) is 9.97 Å². The van der Waals surface area contributed by atoms with Crippen LogP contribution in [0.2, 0.25) is 0 Å². The highest BCUT2D eigenvalue weighted by Gasteiger charge is 2.33. The van der Waals surface area contributed by atoms with Gasteiger partial charge in [-0.3, -0.25) is 4.98 Å². The summed E-state index contributed by atoms with van der Waals surface area (Å²) in [6, 6.07) is 29.1. The van der Waals surface area contributed by atoms with Gasteiger partial charge in [0.25, 0.3) is 0 Å². The summed E-state index contributed by atoms with van der Waals surface area (Å²) in [5.74, 6) is 1.32. The number of nitrogens with zero attached hydrogens (tertiary/aromatic N) is 2. The molecule has 5 aromatic rings. The van der Waals surface area contributed by atoms with E-state index in [-0.39, 0.29) is 0 Å². The fourth-order valence-electron chi connectivity index (χ4n) is 4.36. The van der Waals surface area contributed by atoms with E-state index in [1.165, 1.54) is 6.26 Å². The lowest BCUT2D eigenvalue weighted by molar-refractivity contribution is 0.294. The summed E-state index contributed by atoms with van der Waals surface area (Å²) in [5, 5.41) is 0.888. The first-order valence-corrected chi connectivity index (χ1v) is 14.5. The molecule has 0 saturated carbocycles. The molecule has 7 heteroatoms. The minimum Gasteiger partial charge on any atom is -0.497 e. The predicted molar refractivity (Wildman–Crippen MR) is 156 cm³/mol. The molecule has 6 nitrogen and oxygen atoms in total. The molecule has 0 aliphatic carbocycles. The molecule has 0 saturated heterocycles. The Hall–Kier alpha value is -4.23. The van der Waals surface area contributed by atoms with Gasteiger partial charge in [0.05, 0.1) is 23.1 Å². The smallest absolute Gasteiger partial charge is 0.214 e. The number of fused-ring (bicyclic) bond motifs is 1. The Morgan fingerprint density at radius 3 is 2.33 bits per heavy atom. The van der Waals surface area contributed by atoms with Crippen LogP contribution in [0.3, 0.4) is 0 Å². The van der Waals surface area contributed by atoms with E-state index in [1.807, 2.05) is 84.9 Å². The van der Waals surface area contributed by atoms with E-state index >= 15 is 0 Å². The number of hydrogen-bond donors (Lipinski definition) is 0. The van der Waals surface area contributed by atoms with Crippen LogP contribution in [0.15, 0.2) is 97.2 Å². The number of benzene rings is 3. The first-order valence-electron chi connectivity index (χ1n) is 12.6. The highest BCUT2D eigenvalue weighted by molar-refractivity contribution is 7.91. The molecule has 0 radical (unpaired) electrons. The SMILES string of the molecule is COc1ccc(COc2cccc(-c3cccc(-c4cc(C(C)(C)S(C)(=O)=O)cc5cccnc45)c3)n2)cc1. The number of ether oxygens (including phenoxy) is 2.